The Kier molecular flexibility index (Phi) is 6.56. The average Bonchev–Trinajstić information content (AvgIpc) is 3.18. The Morgan fingerprint density at radius 3 is 2.73 bits per heavy atom. The van der Waals surface area contributed by atoms with Crippen molar-refractivity contribution in [2.24, 2.45) is 0 Å². The van der Waals surface area contributed by atoms with Crippen LogP contribution < -0.4 is 10.5 Å². The van der Waals surface area contributed by atoms with E-state index in [-0.39, 0.29) is 39.1 Å². The smallest absolute Gasteiger partial charge is 0.406 e. The maximum atomic E-state index is 13.2. The first-order chi connectivity index (χ1) is 15.7. The summed E-state index contributed by atoms with van der Waals surface area (Å²) >= 11 is 0.965. The highest BCUT2D eigenvalue weighted by Gasteiger charge is 2.33. The first-order valence-electron chi connectivity index (χ1n) is 9.82. The number of thioether (sulfide) groups is 1. The molecule has 176 valence electrons. The molecule has 1 saturated heterocycles. The van der Waals surface area contributed by atoms with Crippen molar-refractivity contribution in [2.45, 2.75) is 23.6 Å². The number of alkyl halides is 3. The van der Waals surface area contributed by atoms with Gasteiger partial charge in [-0.15, -0.1) is 10.2 Å². The first-order valence-corrected chi connectivity index (χ1v) is 10.8. The van der Waals surface area contributed by atoms with Gasteiger partial charge < -0.3 is 19.4 Å². The highest BCUT2D eigenvalue weighted by atomic mass is 32.2. The molecule has 14 heteroatoms. The van der Waals surface area contributed by atoms with E-state index in [1.807, 2.05) is 0 Å². The number of ether oxygens (including phenoxy) is 2. The molecule has 0 atom stereocenters. The van der Waals surface area contributed by atoms with Crippen molar-refractivity contribution >= 4 is 34.6 Å². The van der Waals surface area contributed by atoms with Crippen LogP contribution in [-0.4, -0.2) is 70.3 Å². The monoisotopic (exact) mass is 484 g/mol. The van der Waals surface area contributed by atoms with Gasteiger partial charge in [-0.1, -0.05) is 11.8 Å². The van der Waals surface area contributed by atoms with Gasteiger partial charge >= 0.3 is 12.1 Å². The van der Waals surface area contributed by atoms with E-state index >= 15 is 0 Å². The van der Waals surface area contributed by atoms with E-state index in [0.29, 0.717) is 26.3 Å². The fraction of sp³-hybridized carbons (Fsp3) is 0.421. The van der Waals surface area contributed by atoms with Crippen LogP contribution in [0.3, 0.4) is 0 Å². The van der Waals surface area contributed by atoms with Gasteiger partial charge in [-0.05, 0) is 18.2 Å². The topological polar surface area (TPSA) is 115 Å². The highest BCUT2D eigenvalue weighted by Crippen LogP contribution is 2.29. The molecule has 1 aliphatic heterocycles. The zero-order valence-electron chi connectivity index (χ0n) is 17.4. The molecule has 0 aliphatic carbocycles. The molecule has 0 spiro atoms. The highest BCUT2D eigenvalue weighted by molar-refractivity contribution is 7.98. The second-order valence-electron chi connectivity index (χ2n) is 7.11. The van der Waals surface area contributed by atoms with Crippen molar-refractivity contribution in [3.05, 3.63) is 39.9 Å². The van der Waals surface area contributed by atoms with Crippen LogP contribution in [0.15, 0.2) is 28.2 Å². The quantitative estimate of drug-likeness (QED) is 0.414. The number of halogens is 3. The fourth-order valence-electron chi connectivity index (χ4n) is 3.34. The number of esters is 1. The Balaban J connectivity index is 1.61. The number of anilines is 1. The summed E-state index contributed by atoms with van der Waals surface area (Å²) in [6.45, 7) is 0.332. The molecule has 4 rings (SSSR count). The van der Waals surface area contributed by atoms with E-state index in [2.05, 4.69) is 24.9 Å². The molecule has 0 radical (unpaired) electrons. The third-order valence-corrected chi connectivity index (χ3v) is 5.82. The van der Waals surface area contributed by atoms with Gasteiger partial charge in [-0.2, -0.15) is 13.2 Å². The number of carbonyl (C=O) groups is 1. The number of carbonyl (C=O) groups excluding carboxylic acids is 1. The van der Waals surface area contributed by atoms with Gasteiger partial charge in [0.15, 0.2) is 5.16 Å². The molecule has 0 unspecified atom stereocenters. The third-order valence-electron chi connectivity index (χ3n) is 4.84. The average molecular weight is 484 g/mol. The SMILES string of the molecule is COC(=O)c1ccc2c(=O)[nH]c(CSc3nnc(N4CCOCC4)n3CC(F)(F)F)nc2c1. The lowest BCUT2D eigenvalue weighted by molar-refractivity contribution is -0.141. The van der Waals surface area contributed by atoms with Crippen LogP contribution in [0.5, 0.6) is 0 Å². The maximum absolute atomic E-state index is 13.2. The molecule has 1 aromatic carbocycles. The van der Waals surface area contributed by atoms with Crippen molar-refractivity contribution < 1.29 is 27.4 Å². The molecule has 0 amide bonds. The van der Waals surface area contributed by atoms with Crippen LogP contribution in [0.4, 0.5) is 19.1 Å². The van der Waals surface area contributed by atoms with Gasteiger partial charge in [0.25, 0.3) is 5.56 Å². The van der Waals surface area contributed by atoms with Crippen LogP contribution in [0.2, 0.25) is 0 Å². The molecule has 10 nitrogen and oxygen atoms in total. The second kappa shape index (κ2) is 9.39. The minimum absolute atomic E-state index is 0.0345. The molecule has 3 heterocycles. The standard InChI is InChI=1S/C19H19F3N6O4S/c1-31-16(30)11-2-3-12-13(8-11)23-14(24-15(12)29)9-33-18-26-25-17(27-4-6-32-7-5-27)28(18)10-19(20,21)22/h2-3,8H,4-7,9-10H2,1H3,(H,23,24,29). The Labute approximate surface area is 189 Å². The molecule has 2 aromatic heterocycles. The van der Waals surface area contributed by atoms with E-state index in [1.54, 1.807) is 4.90 Å². The Morgan fingerprint density at radius 2 is 2.03 bits per heavy atom. The molecule has 1 aliphatic rings. The number of aromatic nitrogens is 5. The van der Waals surface area contributed by atoms with E-state index in [1.165, 1.54) is 25.3 Å². The van der Waals surface area contributed by atoms with E-state index in [4.69, 9.17) is 4.74 Å². The van der Waals surface area contributed by atoms with Gasteiger partial charge in [-0.3, -0.25) is 9.36 Å². The summed E-state index contributed by atoms with van der Waals surface area (Å²) in [5, 5.41) is 8.21. The zero-order chi connectivity index (χ0) is 23.6. The number of nitrogens with zero attached hydrogens (tertiary/aromatic N) is 5. The van der Waals surface area contributed by atoms with Crippen molar-refractivity contribution in [2.75, 3.05) is 38.3 Å². The van der Waals surface area contributed by atoms with E-state index in [9.17, 15) is 22.8 Å². The number of fused-ring (bicyclic) bond motifs is 1. The number of hydrogen-bond donors (Lipinski definition) is 1. The number of methoxy groups -OCH3 is 1. The third kappa shape index (κ3) is 5.27. The number of hydrogen-bond acceptors (Lipinski definition) is 9. The Hall–Kier alpha value is -3.13. The first kappa shape index (κ1) is 23.0. The summed E-state index contributed by atoms with van der Waals surface area (Å²) < 4.78 is 50.7. The summed E-state index contributed by atoms with van der Waals surface area (Å²) in [5.41, 5.74) is 0.0579. The number of rotatable bonds is 6. The molecule has 3 aromatic rings. The van der Waals surface area contributed by atoms with E-state index in [0.717, 1.165) is 16.3 Å². The maximum Gasteiger partial charge on any atom is 0.406 e. The lowest BCUT2D eigenvalue weighted by Crippen LogP contribution is -2.38. The summed E-state index contributed by atoms with van der Waals surface area (Å²) in [4.78, 5) is 32.8. The lowest BCUT2D eigenvalue weighted by atomic mass is 10.1. The minimum Gasteiger partial charge on any atom is -0.465 e. The summed E-state index contributed by atoms with van der Waals surface area (Å²) in [7, 11) is 1.24. The van der Waals surface area contributed by atoms with Crippen LogP contribution in [0.1, 0.15) is 16.2 Å². The summed E-state index contributed by atoms with van der Waals surface area (Å²) in [6.07, 6.45) is -4.47. The van der Waals surface area contributed by atoms with Gasteiger partial charge in [0.1, 0.15) is 12.4 Å². The number of benzene rings is 1. The number of morpholine rings is 1. The molecule has 1 N–H and O–H groups in total. The van der Waals surface area contributed by atoms with Crippen molar-refractivity contribution in [1.29, 1.82) is 0 Å². The minimum atomic E-state index is -4.47. The fourth-order valence-corrected chi connectivity index (χ4v) is 4.14. The van der Waals surface area contributed by atoms with Crippen LogP contribution in [0.25, 0.3) is 10.9 Å². The van der Waals surface area contributed by atoms with Crippen LogP contribution >= 0.6 is 11.8 Å². The predicted octanol–water partition coefficient (Wildman–Crippen LogP) is 1.99. The molecule has 1 fully saturated rings. The number of aromatic amines is 1. The molecular weight excluding hydrogens is 465 g/mol. The Morgan fingerprint density at radius 1 is 1.27 bits per heavy atom. The summed E-state index contributed by atoms with van der Waals surface area (Å²) in [6, 6.07) is 4.33. The number of H-pyrrole nitrogens is 1. The largest absolute Gasteiger partial charge is 0.465 e. The Bertz CT molecular complexity index is 1220. The van der Waals surface area contributed by atoms with E-state index < -0.39 is 24.2 Å². The van der Waals surface area contributed by atoms with Crippen molar-refractivity contribution in [3.63, 3.8) is 0 Å². The van der Waals surface area contributed by atoms with Crippen LogP contribution in [0, 0.1) is 0 Å². The van der Waals surface area contributed by atoms with Crippen LogP contribution in [-0.2, 0) is 21.8 Å². The predicted molar refractivity (Wildman–Crippen MR) is 112 cm³/mol. The lowest BCUT2D eigenvalue weighted by Gasteiger charge is -2.28. The zero-order valence-corrected chi connectivity index (χ0v) is 18.2. The van der Waals surface area contributed by atoms with Gasteiger partial charge in [0.2, 0.25) is 5.95 Å². The normalized spacial score (nSPS) is 14.6. The van der Waals surface area contributed by atoms with Gasteiger partial charge in [0, 0.05) is 13.1 Å². The van der Waals surface area contributed by atoms with Crippen molar-refractivity contribution in [3.8, 4) is 0 Å². The van der Waals surface area contributed by atoms with Gasteiger partial charge in [-0.25, -0.2) is 9.78 Å². The second-order valence-corrected chi connectivity index (χ2v) is 8.05. The number of nitrogens with one attached hydrogen (secondary N) is 1. The van der Waals surface area contributed by atoms with Crippen molar-refractivity contribution in [1.82, 2.24) is 24.7 Å². The van der Waals surface area contributed by atoms with Gasteiger partial charge in [0.05, 0.1) is 42.5 Å². The summed E-state index contributed by atoms with van der Waals surface area (Å²) in [5.74, 6) is -0.215. The molecule has 0 bridgehead atoms. The molecular formula is C19H19F3N6O4S. The molecule has 0 saturated carbocycles. The molecule has 33 heavy (non-hydrogen) atoms.